The van der Waals surface area contributed by atoms with Crippen molar-refractivity contribution in [2.24, 2.45) is 29.6 Å². The van der Waals surface area contributed by atoms with Gasteiger partial charge in [0, 0.05) is 0 Å². The second-order valence-corrected chi connectivity index (χ2v) is 11.0. The van der Waals surface area contributed by atoms with Crippen molar-refractivity contribution in [1.29, 1.82) is 0 Å². The zero-order valence-electron chi connectivity index (χ0n) is 20.7. The Morgan fingerprint density at radius 3 is 1.76 bits per heavy atom. The molecule has 0 nitrogen and oxygen atoms in total. The van der Waals surface area contributed by atoms with Gasteiger partial charge in [-0.25, -0.2) is 0 Å². The first-order valence-corrected chi connectivity index (χ1v) is 14.3. The third-order valence-corrected chi connectivity index (χ3v) is 8.99. The van der Waals surface area contributed by atoms with E-state index in [0.29, 0.717) is 0 Å². The van der Waals surface area contributed by atoms with Gasteiger partial charge in [0.05, 0.1) is 0 Å². The smallest absolute Gasteiger partial charge is 0.0383 e. The summed E-state index contributed by atoms with van der Waals surface area (Å²) in [6.07, 6.45) is 31.7. The monoisotopic (exact) mass is 404 g/mol. The number of rotatable bonds is 6. The zero-order chi connectivity index (χ0) is 20.7. The molecule has 0 bridgehead atoms. The van der Waals surface area contributed by atoms with Gasteiger partial charge in [-0.05, 0) is 48.9 Å². The fourth-order valence-electron chi connectivity index (χ4n) is 6.94. The first-order valence-electron chi connectivity index (χ1n) is 14.3. The molecule has 0 spiro atoms. The maximum absolute atomic E-state index is 2.46. The minimum absolute atomic E-state index is 1.03. The van der Waals surface area contributed by atoms with Gasteiger partial charge in [0.2, 0.25) is 0 Å². The van der Waals surface area contributed by atoms with Crippen LogP contribution in [0.3, 0.4) is 0 Å². The molecular formula is C29H56. The van der Waals surface area contributed by atoms with Gasteiger partial charge in [-0.15, -0.1) is 0 Å². The first-order chi connectivity index (χ1) is 14.3. The molecule has 2 fully saturated rings. The summed E-state index contributed by atoms with van der Waals surface area (Å²) < 4.78 is 0. The Labute approximate surface area is 185 Å². The fourth-order valence-corrected chi connectivity index (χ4v) is 6.94. The number of hydrogen-bond donors (Lipinski definition) is 0. The van der Waals surface area contributed by atoms with Crippen molar-refractivity contribution < 1.29 is 0 Å². The van der Waals surface area contributed by atoms with Crippen molar-refractivity contribution in [3.8, 4) is 0 Å². The Kier molecular flexibility index (Phi) is 13.7. The lowest BCUT2D eigenvalue weighted by molar-refractivity contribution is 0.116. The van der Waals surface area contributed by atoms with Crippen LogP contribution >= 0.6 is 0 Å². The minimum Gasteiger partial charge on any atom is -0.0654 e. The van der Waals surface area contributed by atoms with Gasteiger partial charge < -0.3 is 0 Å². The van der Waals surface area contributed by atoms with E-state index in [1.807, 2.05) is 0 Å². The fraction of sp³-hybridized carbons (Fsp3) is 1.00. The van der Waals surface area contributed by atoms with Crippen LogP contribution in [0.15, 0.2) is 0 Å². The van der Waals surface area contributed by atoms with Crippen LogP contribution in [0.5, 0.6) is 0 Å². The molecule has 0 saturated heterocycles. The van der Waals surface area contributed by atoms with E-state index in [0.717, 1.165) is 29.6 Å². The summed E-state index contributed by atoms with van der Waals surface area (Å²) in [7, 11) is 0. The standard InChI is InChI=1S/C29H56/c1-4-7-17-25-18-14-12-10-8-9-11-13-15-20-28(21-16-19-25)29-23-22-26(5-2)27(6-3)24-29/h25-29H,4-24H2,1-3H3. The van der Waals surface area contributed by atoms with E-state index < -0.39 is 0 Å². The maximum atomic E-state index is 2.46. The van der Waals surface area contributed by atoms with Crippen molar-refractivity contribution in [3.05, 3.63) is 0 Å². The third kappa shape index (κ3) is 9.78. The van der Waals surface area contributed by atoms with Gasteiger partial charge in [-0.1, -0.05) is 136 Å². The number of hydrogen-bond acceptors (Lipinski definition) is 0. The van der Waals surface area contributed by atoms with Crippen molar-refractivity contribution in [2.75, 3.05) is 0 Å². The van der Waals surface area contributed by atoms with Crippen LogP contribution in [0.25, 0.3) is 0 Å². The van der Waals surface area contributed by atoms with E-state index in [-0.39, 0.29) is 0 Å². The highest BCUT2D eigenvalue weighted by molar-refractivity contribution is 4.83. The summed E-state index contributed by atoms with van der Waals surface area (Å²) in [6.45, 7) is 7.28. The van der Waals surface area contributed by atoms with Crippen LogP contribution in [0.2, 0.25) is 0 Å². The number of unbranched alkanes of at least 4 members (excludes halogenated alkanes) is 1. The minimum atomic E-state index is 1.03. The van der Waals surface area contributed by atoms with E-state index in [9.17, 15) is 0 Å². The lowest BCUT2D eigenvalue weighted by atomic mass is 9.66. The summed E-state index contributed by atoms with van der Waals surface area (Å²) in [4.78, 5) is 0. The summed E-state index contributed by atoms with van der Waals surface area (Å²) in [5.74, 6) is 5.23. The van der Waals surface area contributed by atoms with Crippen molar-refractivity contribution in [2.45, 2.75) is 156 Å². The molecule has 2 aliphatic carbocycles. The summed E-state index contributed by atoms with van der Waals surface area (Å²) in [5, 5.41) is 0. The van der Waals surface area contributed by atoms with Gasteiger partial charge in [-0.3, -0.25) is 0 Å². The van der Waals surface area contributed by atoms with E-state index in [4.69, 9.17) is 0 Å². The molecule has 2 aliphatic rings. The molecule has 0 aromatic carbocycles. The second-order valence-electron chi connectivity index (χ2n) is 11.0. The maximum Gasteiger partial charge on any atom is -0.0383 e. The summed E-state index contributed by atoms with van der Waals surface area (Å²) in [6, 6.07) is 0. The zero-order valence-corrected chi connectivity index (χ0v) is 20.7. The Hall–Kier alpha value is 0. The molecule has 5 unspecified atom stereocenters. The van der Waals surface area contributed by atoms with E-state index in [2.05, 4.69) is 20.8 Å². The topological polar surface area (TPSA) is 0 Å². The Morgan fingerprint density at radius 1 is 0.517 bits per heavy atom. The quantitative estimate of drug-likeness (QED) is 0.413. The largest absolute Gasteiger partial charge is 0.0654 e. The summed E-state index contributed by atoms with van der Waals surface area (Å²) in [5.41, 5.74) is 0. The Balaban J connectivity index is 1.92. The normalized spacial score (nSPS) is 34.2. The van der Waals surface area contributed by atoms with Crippen LogP contribution in [0.1, 0.15) is 156 Å². The molecule has 0 N–H and O–H groups in total. The van der Waals surface area contributed by atoms with Crippen molar-refractivity contribution in [1.82, 2.24) is 0 Å². The van der Waals surface area contributed by atoms with Crippen molar-refractivity contribution in [3.63, 3.8) is 0 Å². The molecule has 5 atom stereocenters. The molecule has 0 aromatic heterocycles. The molecule has 0 amide bonds. The molecule has 0 aromatic rings. The molecule has 0 radical (unpaired) electrons. The predicted molar refractivity (Wildman–Crippen MR) is 131 cm³/mol. The van der Waals surface area contributed by atoms with E-state index >= 15 is 0 Å². The molecular weight excluding hydrogens is 348 g/mol. The molecule has 172 valence electrons. The molecule has 0 heteroatoms. The van der Waals surface area contributed by atoms with Crippen LogP contribution in [0, 0.1) is 29.6 Å². The average Bonchev–Trinajstić information content (AvgIpc) is 2.76. The highest BCUT2D eigenvalue weighted by Crippen LogP contribution is 2.43. The van der Waals surface area contributed by atoms with Gasteiger partial charge in [-0.2, -0.15) is 0 Å². The van der Waals surface area contributed by atoms with Gasteiger partial charge >= 0.3 is 0 Å². The average molecular weight is 405 g/mol. The second kappa shape index (κ2) is 15.8. The summed E-state index contributed by atoms with van der Waals surface area (Å²) >= 11 is 0. The van der Waals surface area contributed by atoms with Gasteiger partial charge in [0.15, 0.2) is 0 Å². The highest BCUT2D eigenvalue weighted by Gasteiger charge is 2.32. The Bertz CT molecular complexity index is 372. The SMILES string of the molecule is CCCCC1CCCCCCCCCCC(C2CCC(CC)C(CC)C2)CCC1. The first kappa shape index (κ1) is 25.3. The third-order valence-electron chi connectivity index (χ3n) is 8.99. The van der Waals surface area contributed by atoms with Gasteiger partial charge in [0.1, 0.15) is 0 Å². The van der Waals surface area contributed by atoms with E-state index in [1.54, 1.807) is 25.7 Å². The van der Waals surface area contributed by atoms with Crippen LogP contribution < -0.4 is 0 Å². The van der Waals surface area contributed by atoms with Crippen molar-refractivity contribution >= 4 is 0 Å². The molecule has 0 heterocycles. The predicted octanol–water partition coefficient (Wildman–Crippen LogP) is 10.3. The highest BCUT2D eigenvalue weighted by atomic mass is 14.4. The van der Waals surface area contributed by atoms with E-state index in [1.165, 1.54) is 109 Å². The Morgan fingerprint density at radius 2 is 1.10 bits per heavy atom. The molecule has 2 saturated carbocycles. The van der Waals surface area contributed by atoms with Crippen LogP contribution in [0.4, 0.5) is 0 Å². The van der Waals surface area contributed by atoms with Crippen LogP contribution in [-0.2, 0) is 0 Å². The molecule has 29 heavy (non-hydrogen) atoms. The molecule has 0 aliphatic heterocycles. The van der Waals surface area contributed by atoms with Crippen LogP contribution in [-0.4, -0.2) is 0 Å². The molecule has 2 rings (SSSR count). The lowest BCUT2D eigenvalue weighted by Gasteiger charge is -2.39. The van der Waals surface area contributed by atoms with Gasteiger partial charge in [0.25, 0.3) is 0 Å². The lowest BCUT2D eigenvalue weighted by Crippen LogP contribution is -2.28.